The Morgan fingerprint density at radius 2 is 2.06 bits per heavy atom. The number of nitrogen functional groups attached to an aromatic ring is 1. The van der Waals surface area contributed by atoms with Gasteiger partial charge in [-0.15, -0.1) is 0 Å². The SMILES string of the molecule is NNc1nccc(C(=O)N(CCO)CCO)c1F. The molecule has 0 unspecified atom stereocenters. The van der Waals surface area contributed by atoms with Crippen molar-refractivity contribution in [3.05, 3.63) is 23.6 Å². The lowest BCUT2D eigenvalue weighted by molar-refractivity contribution is 0.0680. The fraction of sp³-hybridized carbons (Fsp3) is 0.400. The van der Waals surface area contributed by atoms with E-state index in [9.17, 15) is 9.18 Å². The summed E-state index contributed by atoms with van der Waals surface area (Å²) in [6, 6.07) is 1.21. The number of carbonyl (C=O) groups is 1. The Labute approximate surface area is 103 Å². The molecule has 1 aromatic heterocycles. The van der Waals surface area contributed by atoms with Crippen LogP contribution in [0.4, 0.5) is 10.2 Å². The van der Waals surface area contributed by atoms with Gasteiger partial charge >= 0.3 is 0 Å². The second kappa shape index (κ2) is 6.84. The second-order valence-electron chi connectivity index (χ2n) is 3.40. The first-order valence-corrected chi connectivity index (χ1v) is 5.27. The first-order chi connectivity index (χ1) is 8.65. The maximum absolute atomic E-state index is 13.8. The molecule has 0 aliphatic rings. The smallest absolute Gasteiger partial charge is 0.257 e. The van der Waals surface area contributed by atoms with E-state index in [1.807, 2.05) is 5.43 Å². The fourth-order valence-electron chi connectivity index (χ4n) is 1.44. The summed E-state index contributed by atoms with van der Waals surface area (Å²) in [5.74, 6) is 3.30. The van der Waals surface area contributed by atoms with Crippen LogP contribution in [0, 0.1) is 5.82 Å². The van der Waals surface area contributed by atoms with Gasteiger partial charge in [-0.05, 0) is 6.07 Å². The van der Waals surface area contributed by atoms with Crippen LogP contribution < -0.4 is 11.3 Å². The summed E-state index contributed by atoms with van der Waals surface area (Å²) in [6.07, 6.45) is 1.24. The third-order valence-corrected chi connectivity index (χ3v) is 2.28. The zero-order valence-corrected chi connectivity index (χ0v) is 9.64. The average Bonchev–Trinajstić information content (AvgIpc) is 2.38. The zero-order valence-electron chi connectivity index (χ0n) is 9.64. The number of aliphatic hydroxyl groups excluding tert-OH is 2. The molecule has 0 saturated carbocycles. The van der Waals surface area contributed by atoms with E-state index in [1.54, 1.807) is 0 Å². The minimum Gasteiger partial charge on any atom is -0.395 e. The van der Waals surface area contributed by atoms with Crippen molar-refractivity contribution >= 4 is 11.7 Å². The summed E-state index contributed by atoms with van der Waals surface area (Å²) in [5.41, 5.74) is 1.82. The van der Waals surface area contributed by atoms with Crippen molar-refractivity contribution < 1.29 is 19.4 Å². The molecule has 0 saturated heterocycles. The summed E-state index contributed by atoms with van der Waals surface area (Å²) < 4.78 is 13.8. The topological polar surface area (TPSA) is 112 Å². The number of nitrogens with zero attached hydrogens (tertiary/aromatic N) is 2. The van der Waals surface area contributed by atoms with Gasteiger partial charge in [-0.25, -0.2) is 15.2 Å². The van der Waals surface area contributed by atoms with Crippen molar-refractivity contribution in [1.82, 2.24) is 9.88 Å². The minimum atomic E-state index is -0.870. The molecule has 1 amide bonds. The molecule has 0 spiro atoms. The fourth-order valence-corrected chi connectivity index (χ4v) is 1.44. The summed E-state index contributed by atoms with van der Waals surface area (Å²) in [4.78, 5) is 16.7. The first kappa shape index (κ1) is 14.3. The summed E-state index contributed by atoms with van der Waals surface area (Å²) in [5, 5.41) is 17.6. The van der Waals surface area contributed by atoms with E-state index in [-0.39, 0.29) is 37.7 Å². The van der Waals surface area contributed by atoms with E-state index in [1.165, 1.54) is 12.3 Å². The molecule has 0 fully saturated rings. The van der Waals surface area contributed by atoms with Crippen LogP contribution in [0.15, 0.2) is 12.3 Å². The van der Waals surface area contributed by atoms with Crippen molar-refractivity contribution in [2.24, 2.45) is 5.84 Å². The molecule has 0 aliphatic heterocycles. The summed E-state index contributed by atoms with van der Waals surface area (Å²) in [7, 11) is 0. The van der Waals surface area contributed by atoms with Crippen LogP contribution in [0.5, 0.6) is 0 Å². The van der Waals surface area contributed by atoms with E-state index in [0.29, 0.717) is 0 Å². The first-order valence-electron chi connectivity index (χ1n) is 5.27. The lowest BCUT2D eigenvalue weighted by Gasteiger charge is -2.21. The number of carbonyl (C=O) groups excluding carboxylic acids is 1. The molecule has 0 aliphatic carbocycles. The van der Waals surface area contributed by atoms with Crippen molar-refractivity contribution in [2.45, 2.75) is 0 Å². The third kappa shape index (κ3) is 3.13. The largest absolute Gasteiger partial charge is 0.395 e. The number of anilines is 1. The van der Waals surface area contributed by atoms with Crippen LogP contribution in [0.1, 0.15) is 10.4 Å². The highest BCUT2D eigenvalue weighted by Crippen LogP contribution is 2.15. The van der Waals surface area contributed by atoms with E-state index in [4.69, 9.17) is 16.1 Å². The Balaban J connectivity index is 3.00. The molecular formula is C10H15FN4O3. The Kier molecular flexibility index (Phi) is 5.43. The zero-order chi connectivity index (χ0) is 13.5. The Morgan fingerprint density at radius 1 is 1.44 bits per heavy atom. The number of amides is 1. The Hall–Kier alpha value is -1.77. The maximum Gasteiger partial charge on any atom is 0.257 e. The number of halogens is 1. The number of hydrogen-bond acceptors (Lipinski definition) is 6. The van der Waals surface area contributed by atoms with Gasteiger partial charge in [-0.3, -0.25) is 4.79 Å². The molecular weight excluding hydrogens is 243 g/mol. The highest BCUT2D eigenvalue weighted by atomic mass is 19.1. The monoisotopic (exact) mass is 258 g/mol. The molecule has 1 aromatic rings. The van der Waals surface area contributed by atoms with Gasteiger partial charge in [0, 0.05) is 19.3 Å². The predicted molar refractivity (Wildman–Crippen MR) is 62.1 cm³/mol. The van der Waals surface area contributed by atoms with Crippen LogP contribution in [-0.2, 0) is 0 Å². The molecule has 0 atom stereocenters. The third-order valence-electron chi connectivity index (χ3n) is 2.28. The van der Waals surface area contributed by atoms with Gasteiger partial charge in [0.15, 0.2) is 11.6 Å². The van der Waals surface area contributed by atoms with Crippen molar-refractivity contribution in [2.75, 3.05) is 31.7 Å². The molecule has 5 N–H and O–H groups in total. The number of hydrogen-bond donors (Lipinski definition) is 4. The normalized spacial score (nSPS) is 10.2. The van der Waals surface area contributed by atoms with E-state index >= 15 is 0 Å². The van der Waals surface area contributed by atoms with Gasteiger partial charge in [-0.1, -0.05) is 0 Å². The van der Waals surface area contributed by atoms with E-state index in [0.717, 1.165) is 4.90 Å². The Morgan fingerprint density at radius 3 is 2.56 bits per heavy atom. The number of aliphatic hydroxyl groups is 2. The quantitative estimate of drug-likeness (QED) is 0.382. The van der Waals surface area contributed by atoms with Gasteiger partial charge in [0.25, 0.3) is 5.91 Å². The number of hydrazine groups is 1. The highest BCUT2D eigenvalue weighted by Gasteiger charge is 2.20. The van der Waals surface area contributed by atoms with Gasteiger partial charge in [0.2, 0.25) is 0 Å². The standard InChI is InChI=1S/C10H15FN4O3/c11-8-7(1-2-13-9(8)14-12)10(18)15(3-5-16)4-6-17/h1-2,16-17H,3-6,12H2,(H,13,14). The lowest BCUT2D eigenvalue weighted by atomic mass is 10.2. The number of aromatic nitrogens is 1. The second-order valence-corrected chi connectivity index (χ2v) is 3.40. The van der Waals surface area contributed by atoms with E-state index in [2.05, 4.69) is 4.98 Å². The number of nitrogens with two attached hydrogens (primary N) is 1. The molecule has 100 valence electrons. The van der Waals surface area contributed by atoms with Crippen LogP contribution in [0.25, 0.3) is 0 Å². The van der Waals surface area contributed by atoms with Crippen LogP contribution in [0.2, 0.25) is 0 Å². The highest BCUT2D eigenvalue weighted by molar-refractivity contribution is 5.95. The van der Waals surface area contributed by atoms with Crippen molar-refractivity contribution in [3.63, 3.8) is 0 Å². The minimum absolute atomic E-state index is 0.00649. The molecule has 1 rings (SSSR count). The molecule has 8 heteroatoms. The van der Waals surface area contributed by atoms with Gasteiger partial charge in [0.05, 0.1) is 18.8 Å². The average molecular weight is 258 g/mol. The molecule has 0 aromatic carbocycles. The van der Waals surface area contributed by atoms with Crippen LogP contribution in [-0.4, -0.2) is 52.3 Å². The van der Waals surface area contributed by atoms with Gasteiger partial charge < -0.3 is 20.5 Å². The number of rotatable bonds is 6. The summed E-state index contributed by atoms with van der Waals surface area (Å²) >= 11 is 0. The van der Waals surface area contributed by atoms with E-state index < -0.39 is 11.7 Å². The maximum atomic E-state index is 13.8. The molecule has 1 heterocycles. The molecule has 18 heavy (non-hydrogen) atoms. The molecule has 0 bridgehead atoms. The molecule has 0 radical (unpaired) electrons. The predicted octanol–water partition coefficient (Wildman–Crippen LogP) is -1.07. The number of pyridine rings is 1. The molecule has 7 nitrogen and oxygen atoms in total. The van der Waals surface area contributed by atoms with Gasteiger partial charge in [0.1, 0.15) is 0 Å². The lowest BCUT2D eigenvalue weighted by Crippen LogP contribution is -2.36. The van der Waals surface area contributed by atoms with Crippen LogP contribution in [0.3, 0.4) is 0 Å². The van der Waals surface area contributed by atoms with Crippen molar-refractivity contribution in [3.8, 4) is 0 Å². The van der Waals surface area contributed by atoms with Gasteiger partial charge in [-0.2, -0.15) is 0 Å². The van der Waals surface area contributed by atoms with Crippen LogP contribution >= 0.6 is 0 Å². The summed E-state index contributed by atoms with van der Waals surface area (Å²) in [6.45, 7) is -0.542. The number of nitrogens with one attached hydrogen (secondary N) is 1. The Bertz CT molecular complexity index is 410. The van der Waals surface area contributed by atoms with Crippen molar-refractivity contribution in [1.29, 1.82) is 0 Å².